The SMILES string of the molecule is O=C(NCCCN1CCCCC1)c1ccc2c(=O)n(CC3CCCO3)c(=S)[nH]c2c1. The van der Waals surface area contributed by atoms with Crippen LogP contribution in [0.1, 0.15) is 48.9 Å². The number of H-pyrrole nitrogens is 1. The predicted molar refractivity (Wildman–Crippen MR) is 120 cm³/mol. The molecular weight excluding hydrogens is 400 g/mol. The Morgan fingerprint density at radius 2 is 2.07 bits per heavy atom. The van der Waals surface area contributed by atoms with E-state index < -0.39 is 0 Å². The highest BCUT2D eigenvalue weighted by atomic mass is 32.1. The highest BCUT2D eigenvalue weighted by Crippen LogP contribution is 2.15. The van der Waals surface area contributed by atoms with Gasteiger partial charge >= 0.3 is 0 Å². The van der Waals surface area contributed by atoms with Crippen molar-refractivity contribution in [3.8, 4) is 0 Å². The Morgan fingerprint density at radius 3 is 2.83 bits per heavy atom. The molecule has 1 aromatic carbocycles. The number of aromatic amines is 1. The molecule has 2 N–H and O–H groups in total. The third-order valence-electron chi connectivity index (χ3n) is 6.04. The molecule has 0 spiro atoms. The van der Waals surface area contributed by atoms with E-state index in [1.54, 1.807) is 22.8 Å². The molecule has 8 heteroatoms. The van der Waals surface area contributed by atoms with Gasteiger partial charge in [0.25, 0.3) is 11.5 Å². The molecule has 4 rings (SSSR count). The van der Waals surface area contributed by atoms with E-state index in [2.05, 4.69) is 15.2 Å². The fraction of sp³-hybridized carbons (Fsp3) is 0.591. The summed E-state index contributed by atoms with van der Waals surface area (Å²) >= 11 is 5.40. The molecule has 2 fully saturated rings. The number of piperidine rings is 1. The first-order chi connectivity index (χ1) is 14.6. The summed E-state index contributed by atoms with van der Waals surface area (Å²) in [5, 5.41) is 3.52. The second-order valence-corrected chi connectivity index (χ2v) is 8.64. The zero-order valence-corrected chi connectivity index (χ0v) is 18.1. The van der Waals surface area contributed by atoms with E-state index in [1.165, 1.54) is 32.4 Å². The smallest absolute Gasteiger partial charge is 0.262 e. The fourth-order valence-corrected chi connectivity index (χ4v) is 4.61. The standard InChI is InChI=1S/C22H30N4O3S/c27-20(23-9-5-12-25-10-2-1-3-11-25)16-7-8-18-19(14-16)24-22(30)26(21(18)28)15-17-6-4-13-29-17/h7-8,14,17H,1-6,9-13,15H2,(H,23,27)(H,24,30). The summed E-state index contributed by atoms with van der Waals surface area (Å²) in [6.07, 6.45) is 6.81. The number of carbonyl (C=O) groups excluding carboxylic acids is 1. The minimum absolute atomic E-state index is 0.0326. The van der Waals surface area contributed by atoms with Crippen molar-refractivity contribution in [3.05, 3.63) is 38.9 Å². The van der Waals surface area contributed by atoms with Gasteiger partial charge in [0.1, 0.15) is 0 Å². The summed E-state index contributed by atoms with van der Waals surface area (Å²) in [6, 6.07) is 5.12. The van der Waals surface area contributed by atoms with Gasteiger partial charge in [-0.3, -0.25) is 14.2 Å². The lowest BCUT2D eigenvalue weighted by atomic mass is 10.1. The molecule has 2 aliphatic rings. The van der Waals surface area contributed by atoms with Crippen LogP contribution in [0.5, 0.6) is 0 Å². The number of amides is 1. The summed E-state index contributed by atoms with van der Waals surface area (Å²) in [4.78, 5) is 31.0. The van der Waals surface area contributed by atoms with Crippen LogP contribution in [-0.2, 0) is 11.3 Å². The van der Waals surface area contributed by atoms with Crippen LogP contribution < -0.4 is 10.9 Å². The average Bonchev–Trinajstić information content (AvgIpc) is 3.28. The Bertz CT molecular complexity index is 1000. The number of ether oxygens (including phenoxy) is 1. The van der Waals surface area contributed by atoms with Crippen molar-refractivity contribution < 1.29 is 9.53 Å². The first-order valence-corrected chi connectivity index (χ1v) is 11.4. The molecule has 162 valence electrons. The summed E-state index contributed by atoms with van der Waals surface area (Å²) in [7, 11) is 0. The maximum Gasteiger partial charge on any atom is 0.262 e. The molecule has 3 heterocycles. The maximum atomic E-state index is 12.9. The van der Waals surface area contributed by atoms with Crippen molar-refractivity contribution in [2.24, 2.45) is 0 Å². The number of benzene rings is 1. The molecule has 2 aromatic rings. The number of nitrogens with one attached hydrogen (secondary N) is 2. The monoisotopic (exact) mass is 430 g/mol. The van der Waals surface area contributed by atoms with Crippen LogP contribution in [0.3, 0.4) is 0 Å². The second-order valence-electron chi connectivity index (χ2n) is 8.25. The third kappa shape index (κ3) is 4.99. The number of nitrogens with zero attached hydrogens (tertiary/aromatic N) is 2. The summed E-state index contributed by atoms with van der Waals surface area (Å²) in [5.74, 6) is -0.126. The number of carbonyl (C=O) groups is 1. The van der Waals surface area contributed by atoms with Gasteiger partial charge in [-0.25, -0.2) is 0 Å². The van der Waals surface area contributed by atoms with Crippen LogP contribution in [0.15, 0.2) is 23.0 Å². The Kier molecular flexibility index (Phi) is 6.97. The molecule has 1 unspecified atom stereocenters. The van der Waals surface area contributed by atoms with E-state index >= 15 is 0 Å². The zero-order valence-electron chi connectivity index (χ0n) is 17.3. The van der Waals surface area contributed by atoms with Crippen molar-refractivity contribution in [3.63, 3.8) is 0 Å². The molecule has 0 radical (unpaired) electrons. The summed E-state index contributed by atoms with van der Waals surface area (Å²) in [5.41, 5.74) is 0.981. The Morgan fingerprint density at radius 1 is 1.23 bits per heavy atom. The van der Waals surface area contributed by atoms with Gasteiger partial charge in [0.2, 0.25) is 0 Å². The second kappa shape index (κ2) is 9.85. The van der Waals surface area contributed by atoms with Gasteiger partial charge in [-0.05, 0) is 82.2 Å². The fourth-order valence-electron chi connectivity index (χ4n) is 4.34. The van der Waals surface area contributed by atoms with Gasteiger partial charge in [-0.15, -0.1) is 0 Å². The lowest BCUT2D eigenvalue weighted by molar-refractivity contribution is 0.0950. The first-order valence-electron chi connectivity index (χ1n) is 11.0. The highest BCUT2D eigenvalue weighted by Gasteiger charge is 2.18. The van der Waals surface area contributed by atoms with E-state index in [0.29, 0.717) is 34.3 Å². The molecule has 1 atom stereocenters. The lowest BCUT2D eigenvalue weighted by Gasteiger charge is -2.26. The van der Waals surface area contributed by atoms with E-state index in [1.807, 2.05) is 0 Å². The van der Waals surface area contributed by atoms with Crippen molar-refractivity contribution in [2.75, 3.05) is 32.8 Å². The number of hydrogen-bond acceptors (Lipinski definition) is 5. The predicted octanol–water partition coefficient (Wildman–Crippen LogP) is 2.84. The van der Waals surface area contributed by atoms with Gasteiger partial charge in [0, 0.05) is 18.7 Å². The number of fused-ring (bicyclic) bond motifs is 1. The summed E-state index contributed by atoms with van der Waals surface area (Å²) < 4.78 is 7.57. The maximum absolute atomic E-state index is 12.9. The lowest BCUT2D eigenvalue weighted by Crippen LogP contribution is -2.33. The quantitative estimate of drug-likeness (QED) is 0.522. The van der Waals surface area contributed by atoms with E-state index in [9.17, 15) is 9.59 Å². The summed E-state index contributed by atoms with van der Waals surface area (Å²) in [6.45, 7) is 5.20. The van der Waals surface area contributed by atoms with Crippen LogP contribution in [-0.4, -0.2) is 59.2 Å². The van der Waals surface area contributed by atoms with Gasteiger partial charge in [0.15, 0.2) is 4.77 Å². The Labute approximate surface area is 181 Å². The average molecular weight is 431 g/mol. The zero-order chi connectivity index (χ0) is 20.9. The molecule has 1 amide bonds. The largest absolute Gasteiger partial charge is 0.376 e. The number of rotatable bonds is 7. The topological polar surface area (TPSA) is 79.4 Å². The Balaban J connectivity index is 1.40. The van der Waals surface area contributed by atoms with Crippen LogP contribution in [0.2, 0.25) is 0 Å². The molecule has 7 nitrogen and oxygen atoms in total. The molecule has 2 aliphatic heterocycles. The van der Waals surface area contributed by atoms with Crippen molar-refractivity contribution in [1.29, 1.82) is 0 Å². The molecule has 0 saturated carbocycles. The van der Waals surface area contributed by atoms with Gasteiger partial charge in [-0.2, -0.15) is 0 Å². The minimum Gasteiger partial charge on any atom is -0.376 e. The van der Waals surface area contributed by atoms with Crippen LogP contribution >= 0.6 is 12.2 Å². The van der Waals surface area contributed by atoms with Crippen molar-refractivity contribution in [2.45, 2.75) is 51.2 Å². The van der Waals surface area contributed by atoms with Crippen LogP contribution in [0.4, 0.5) is 0 Å². The van der Waals surface area contributed by atoms with Crippen LogP contribution in [0, 0.1) is 4.77 Å². The number of likely N-dealkylation sites (tertiary alicyclic amines) is 1. The molecule has 2 saturated heterocycles. The molecule has 30 heavy (non-hydrogen) atoms. The normalized spacial score (nSPS) is 19.9. The van der Waals surface area contributed by atoms with Gasteiger partial charge < -0.3 is 19.9 Å². The molecule has 1 aromatic heterocycles. The first kappa shape index (κ1) is 21.2. The van der Waals surface area contributed by atoms with E-state index in [4.69, 9.17) is 17.0 Å². The van der Waals surface area contributed by atoms with Gasteiger partial charge in [-0.1, -0.05) is 6.42 Å². The number of aromatic nitrogens is 2. The van der Waals surface area contributed by atoms with Crippen molar-refractivity contribution in [1.82, 2.24) is 19.8 Å². The van der Waals surface area contributed by atoms with Gasteiger partial charge in [0.05, 0.1) is 23.6 Å². The molecular formula is C22H30N4O3S. The number of hydrogen-bond donors (Lipinski definition) is 2. The third-order valence-corrected chi connectivity index (χ3v) is 6.36. The Hall–Kier alpha value is -2.03. The van der Waals surface area contributed by atoms with E-state index in [-0.39, 0.29) is 17.6 Å². The molecule has 0 bridgehead atoms. The van der Waals surface area contributed by atoms with Crippen LogP contribution in [0.25, 0.3) is 10.9 Å². The molecule has 0 aliphatic carbocycles. The van der Waals surface area contributed by atoms with Crippen molar-refractivity contribution >= 4 is 29.0 Å². The van der Waals surface area contributed by atoms with E-state index in [0.717, 1.165) is 32.4 Å². The highest BCUT2D eigenvalue weighted by molar-refractivity contribution is 7.71. The minimum atomic E-state index is -0.141.